The maximum Gasteiger partial charge on any atom is 0.272 e. The molecule has 160 valence electrons. The molecule has 0 atom stereocenters. The van der Waals surface area contributed by atoms with Crippen LogP contribution >= 0.6 is 0 Å². The van der Waals surface area contributed by atoms with Crippen LogP contribution in [0.4, 0.5) is 0 Å². The van der Waals surface area contributed by atoms with Crippen molar-refractivity contribution in [2.75, 3.05) is 13.1 Å². The standard InChI is InChI=1S/C26H24N4O2/c1-18-17-20(10-14-27-18)22-6-4-13-28-25(22)32-21-11-15-30(16-12-21)26(31)24-9-8-19-5-2-3-7-23(19)29-24/h2-10,13-14,17,21H,11-12,15-16H2,1H3. The number of likely N-dealkylation sites (tertiary alicyclic amines) is 1. The lowest BCUT2D eigenvalue weighted by molar-refractivity contribution is 0.0584. The van der Waals surface area contributed by atoms with Crippen LogP contribution in [0, 0.1) is 6.92 Å². The van der Waals surface area contributed by atoms with Crippen molar-refractivity contribution in [2.45, 2.75) is 25.9 Å². The van der Waals surface area contributed by atoms with E-state index in [0.717, 1.165) is 40.6 Å². The summed E-state index contributed by atoms with van der Waals surface area (Å²) in [6.45, 7) is 3.24. The lowest BCUT2D eigenvalue weighted by Gasteiger charge is -2.32. The highest BCUT2D eigenvalue weighted by atomic mass is 16.5. The molecule has 6 heteroatoms. The number of fused-ring (bicyclic) bond motifs is 1. The molecule has 1 aromatic carbocycles. The molecule has 6 nitrogen and oxygen atoms in total. The van der Waals surface area contributed by atoms with E-state index < -0.39 is 0 Å². The first-order chi connectivity index (χ1) is 15.7. The van der Waals surface area contributed by atoms with Gasteiger partial charge >= 0.3 is 0 Å². The van der Waals surface area contributed by atoms with Gasteiger partial charge < -0.3 is 9.64 Å². The minimum Gasteiger partial charge on any atom is -0.474 e. The largest absolute Gasteiger partial charge is 0.474 e. The molecule has 0 N–H and O–H groups in total. The van der Waals surface area contributed by atoms with Crippen molar-refractivity contribution < 1.29 is 9.53 Å². The summed E-state index contributed by atoms with van der Waals surface area (Å²) >= 11 is 0. The van der Waals surface area contributed by atoms with Crippen molar-refractivity contribution in [3.8, 4) is 17.0 Å². The third-order valence-corrected chi connectivity index (χ3v) is 5.80. The van der Waals surface area contributed by atoms with Gasteiger partial charge in [0.05, 0.1) is 5.52 Å². The topological polar surface area (TPSA) is 68.2 Å². The Morgan fingerprint density at radius 2 is 1.81 bits per heavy atom. The summed E-state index contributed by atoms with van der Waals surface area (Å²) in [7, 11) is 0. The zero-order valence-corrected chi connectivity index (χ0v) is 17.9. The quantitative estimate of drug-likeness (QED) is 0.476. The first-order valence-corrected chi connectivity index (χ1v) is 10.9. The number of carbonyl (C=O) groups excluding carboxylic acids is 1. The highest BCUT2D eigenvalue weighted by molar-refractivity contribution is 5.95. The molecule has 1 aliphatic heterocycles. The van der Waals surface area contributed by atoms with Crippen LogP contribution in [-0.2, 0) is 0 Å². The van der Waals surface area contributed by atoms with Crippen molar-refractivity contribution in [2.24, 2.45) is 0 Å². The van der Waals surface area contributed by atoms with Crippen molar-refractivity contribution >= 4 is 16.8 Å². The number of carbonyl (C=O) groups is 1. The van der Waals surface area contributed by atoms with Crippen LogP contribution in [0.2, 0.25) is 0 Å². The van der Waals surface area contributed by atoms with E-state index in [2.05, 4.69) is 15.0 Å². The number of benzene rings is 1. The highest BCUT2D eigenvalue weighted by Gasteiger charge is 2.26. The molecule has 5 rings (SSSR count). The molecular weight excluding hydrogens is 400 g/mol. The number of pyridine rings is 3. The van der Waals surface area contributed by atoms with Crippen LogP contribution < -0.4 is 4.74 Å². The number of nitrogens with zero attached hydrogens (tertiary/aromatic N) is 4. The van der Waals surface area contributed by atoms with Crippen molar-refractivity contribution in [3.05, 3.63) is 84.4 Å². The maximum atomic E-state index is 13.0. The van der Waals surface area contributed by atoms with Crippen molar-refractivity contribution in [1.29, 1.82) is 0 Å². The van der Waals surface area contributed by atoms with E-state index in [0.29, 0.717) is 24.7 Å². The number of ether oxygens (including phenoxy) is 1. The number of amides is 1. The molecule has 0 spiro atoms. The van der Waals surface area contributed by atoms with E-state index in [-0.39, 0.29) is 12.0 Å². The molecule has 0 radical (unpaired) electrons. The second-order valence-corrected chi connectivity index (χ2v) is 8.04. The monoisotopic (exact) mass is 424 g/mol. The molecule has 1 saturated heterocycles. The van der Waals surface area contributed by atoms with Gasteiger partial charge in [-0.15, -0.1) is 0 Å². The lowest BCUT2D eigenvalue weighted by Crippen LogP contribution is -2.42. The van der Waals surface area contributed by atoms with Gasteiger partial charge in [0.2, 0.25) is 5.88 Å². The van der Waals surface area contributed by atoms with Crippen LogP contribution in [0.25, 0.3) is 22.0 Å². The molecular formula is C26H24N4O2. The molecule has 1 aliphatic rings. The Bertz CT molecular complexity index is 1270. The van der Waals surface area contributed by atoms with Gasteiger partial charge in [-0.25, -0.2) is 9.97 Å². The summed E-state index contributed by atoms with van der Waals surface area (Å²) in [6.07, 6.45) is 5.07. The zero-order valence-electron chi connectivity index (χ0n) is 17.9. The van der Waals surface area contributed by atoms with Crippen LogP contribution in [-0.4, -0.2) is 45.0 Å². The molecule has 0 saturated carbocycles. The van der Waals surface area contributed by atoms with E-state index >= 15 is 0 Å². The number of hydrogen-bond acceptors (Lipinski definition) is 5. The van der Waals surface area contributed by atoms with Gasteiger partial charge in [0.25, 0.3) is 5.91 Å². The molecule has 4 heterocycles. The number of hydrogen-bond donors (Lipinski definition) is 0. The second-order valence-electron chi connectivity index (χ2n) is 8.04. The van der Waals surface area contributed by atoms with Gasteiger partial charge in [0.15, 0.2) is 0 Å². The normalized spacial score (nSPS) is 14.5. The van der Waals surface area contributed by atoms with Gasteiger partial charge in [-0.2, -0.15) is 0 Å². The zero-order chi connectivity index (χ0) is 21.9. The molecule has 0 unspecified atom stereocenters. The molecule has 0 aliphatic carbocycles. The minimum absolute atomic E-state index is 0.0141. The van der Waals surface area contributed by atoms with Crippen LogP contribution in [0.5, 0.6) is 5.88 Å². The third kappa shape index (κ3) is 4.17. The molecule has 3 aromatic heterocycles. The van der Waals surface area contributed by atoms with Crippen LogP contribution in [0.1, 0.15) is 29.0 Å². The number of para-hydroxylation sites is 1. The fraction of sp³-hybridized carbons (Fsp3) is 0.231. The first-order valence-electron chi connectivity index (χ1n) is 10.9. The summed E-state index contributed by atoms with van der Waals surface area (Å²) in [4.78, 5) is 28.1. The average molecular weight is 425 g/mol. The Labute approximate surface area is 186 Å². The van der Waals surface area contributed by atoms with Crippen molar-refractivity contribution in [3.63, 3.8) is 0 Å². The molecule has 0 bridgehead atoms. The summed E-state index contributed by atoms with van der Waals surface area (Å²) in [6, 6.07) is 19.5. The van der Waals surface area contributed by atoms with E-state index in [9.17, 15) is 4.79 Å². The molecule has 1 fully saturated rings. The Morgan fingerprint density at radius 1 is 0.969 bits per heavy atom. The summed E-state index contributed by atoms with van der Waals surface area (Å²) in [5.74, 6) is 0.596. The molecule has 32 heavy (non-hydrogen) atoms. The van der Waals surface area contributed by atoms with E-state index in [1.54, 1.807) is 12.4 Å². The summed E-state index contributed by atoms with van der Waals surface area (Å²) in [5, 5.41) is 1.03. The predicted molar refractivity (Wildman–Crippen MR) is 124 cm³/mol. The SMILES string of the molecule is Cc1cc(-c2cccnc2OC2CCN(C(=O)c3ccc4ccccc4n3)CC2)ccn1. The molecule has 1 amide bonds. The number of aryl methyl sites for hydroxylation is 1. The smallest absolute Gasteiger partial charge is 0.272 e. The third-order valence-electron chi connectivity index (χ3n) is 5.80. The maximum absolute atomic E-state index is 13.0. The number of piperidine rings is 1. The van der Waals surface area contributed by atoms with Gasteiger partial charge in [-0.3, -0.25) is 9.78 Å². The number of aromatic nitrogens is 3. The summed E-state index contributed by atoms with van der Waals surface area (Å²) in [5.41, 5.74) is 4.27. The van der Waals surface area contributed by atoms with Gasteiger partial charge in [0, 0.05) is 55.0 Å². The highest BCUT2D eigenvalue weighted by Crippen LogP contribution is 2.30. The minimum atomic E-state index is -0.0278. The Hall–Kier alpha value is -3.80. The average Bonchev–Trinajstić information content (AvgIpc) is 2.84. The predicted octanol–water partition coefficient (Wildman–Crippen LogP) is 4.68. The first kappa shape index (κ1) is 20.1. The van der Waals surface area contributed by atoms with E-state index in [4.69, 9.17) is 4.74 Å². The second kappa shape index (κ2) is 8.75. The molecule has 4 aromatic rings. The van der Waals surface area contributed by atoms with E-state index in [1.807, 2.05) is 72.5 Å². The summed E-state index contributed by atoms with van der Waals surface area (Å²) < 4.78 is 6.29. The lowest BCUT2D eigenvalue weighted by atomic mass is 10.1. The van der Waals surface area contributed by atoms with Crippen LogP contribution in [0.15, 0.2) is 73.1 Å². The van der Waals surface area contributed by atoms with Gasteiger partial charge in [-0.05, 0) is 48.9 Å². The van der Waals surface area contributed by atoms with Crippen molar-refractivity contribution in [1.82, 2.24) is 19.9 Å². The fourth-order valence-corrected chi connectivity index (χ4v) is 4.10. The Balaban J connectivity index is 1.26. The fourth-order valence-electron chi connectivity index (χ4n) is 4.10. The Kier molecular flexibility index (Phi) is 5.50. The van der Waals surface area contributed by atoms with Gasteiger partial charge in [0.1, 0.15) is 11.8 Å². The van der Waals surface area contributed by atoms with Crippen LogP contribution in [0.3, 0.4) is 0 Å². The van der Waals surface area contributed by atoms with Gasteiger partial charge in [-0.1, -0.05) is 24.3 Å². The Morgan fingerprint density at radius 3 is 2.66 bits per heavy atom. The van der Waals surface area contributed by atoms with E-state index in [1.165, 1.54) is 0 Å². The number of rotatable bonds is 4.